The third-order valence-corrected chi connectivity index (χ3v) is 3.41. The molecule has 4 nitrogen and oxygen atoms in total. The molecule has 1 aromatic rings. The summed E-state index contributed by atoms with van der Waals surface area (Å²) in [5.41, 5.74) is 0. The van der Waals surface area contributed by atoms with Gasteiger partial charge in [0.1, 0.15) is 4.88 Å². The minimum absolute atomic E-state index is 0.415. The van der Waals surface area contributed by atoms with E-state index >= 15 is 0 Å². The van der Waals surface area contributed by atoms with Crippen molar-refractivity contribution >= 4 is 17.3 Å². The minimum atomic E-state index is -0.840. The van der Waals surface area contributed by atoms with Crippen LogP contribution in [0.2, 0.25) is 0 Å². The van der Waals surface area contributed by atoms with E-state index in [1.807, 2.05) is 6.07 Å². The Bertz CT molecular complexity index is 344. The molecule has 5 heteroatoms. The number of carbonyl (C=O) groups is 1. The van der Waals surface area contributed by atoms with Crippen molar-refractivity contribution in [3.05, 3.63) is 21.9 Å². The number of hydrogen-bond donors (Lipinski definition) is 1. The average molecular weight is 227 g/mol. The second-order valence-corrected chi connectivity index (χ2v) is 4.63. The zero-order chi connectivity index (χ0) is 10.7. The minimum Gasteiger partial charge on any atom is -0.477 e. The fourth-order valence-electron chi connectivity index (χ4n) is 1.56. The molecule has 1 saturated heterocycles. The number of carboxylic acid groups (broad SMARTS) is 1. The molecule has 15 heavy (non-hydrogen) atoms. The maximum Gasteiger partial charge on any atom is 0.345 e. The molecule has 2 heterocycles. The van der Waals surface area contributed by atoms with E-state index in [1.165, 1.54) is 11.3 Å². The van der Waals surface area contributed by atoms with Crippen molar-refractivity contribution in [3.63, 3.8) is 0 Å². The lowest BCUT2D eigenvalue weighted by atomic mass is 10.3. The van der Waals surface area contributed by atoms with E-state index in [1.54, 1.807) is 6.07 Å². The zero-order valence-electron chi connectivity index (χ0n) is 8.31. The standard InChI is InChI=1S/C10H13NO3S/c12-10(13)9-2-1-8(15-9)7-11-3-5-14-6-4-11/h1-2H,3-7H2,(H,12,13). The van der Waals surface area contributed by atoms with Gasteiger partial charge >= 0.3 is 5.97 Å². The van der Waals surface area contributed by atoms with Gasteiger partial charge < -0.3 is 9.84 Å². The van der Waals surface area contributed by atoms with Gasteiger partial charge in [0.15, 0.2) is 0 Å². The van der Waals surface area contributed by atoms with Crippen LogP contribution in [-0.4, -0.2) is 42.3 Å². The quantitative estimate of drug-likeness (QED) is 0.845. The molecule has 0 atom stereocenters. The van der Waals surface area contributed by atoms with E-state index < -0.39 is 5.97 Å². The van der Waals surface area contributed by atoms with Crippen molar-refractivity contribution in [3.8, 4) is 0 Å². The molecule has 0 aliphatic carbocycles. The first-order chi connectivity index (χ1) is 7.25. The molecule has 0 radical (unpaired) electrons. The SMILES string of the molecule is O=C(O)c1ccc(CN2CCOCC2)s1. The summed E-state index contributed by atoms with van der Waals surface area (Å²) in [4.78, 5) is 14.5. The number of ether oxygens (including phenoxy) is 1. The molecule has 0 unspecified atom stereocenters. The number of nitrogens with zero attached hydrogens (tertiary/aromatic N) is 1. The number of carboxylic acids is 1. The third-order valence-electron chi connectivity index (χ3n) is 2.36. The first-order valence-electron chi connectivity index (χ1n) is 4.88. The number of aromatic carboxylic acids is 1. The van der Waals surface area contributed by atoms with Gasteiger partial charge in [-0.25, -0.2) is 4.79 Å². The Morgan fingerprint density at radius 3 is 2.80 bits per heavy atom. The van der Waals surface area contributed by atoms with Crippen molar-refractivity contribution < 1.29 is 14.6 Å². The first-order valence-corrected chi connectivity index (χ1v) is 5.69. The van der Waals surface area contributed by atoms with Gasteiger partial charge in [-0.2, -0.15) is 0 Å². The van der Waals surface area contributed by atoms with Gasteiger partial charge in [-0.1, -0.05) is 0 Å². The lowest BCUT2D eigenvalue weighted by molar-refractivity contribution is 0.0346. The molecule has 0 amide bonds. The summed E-state index contributed by atoms with van der Waals surface area (Å²) in [5.74, 6) is -0.840. The van der Waals surface area contributed by atoms with Gasteiger partial charge in [0.2, 0.25) is 0 Å². The fourth-order valence-corrected chi connectivity index (χ4v) is 2.45. The van der Waals surface area contributed by atoms with Gasteiger partial charge in [0.25, 0.3) is 0 Å². The number of morpholine rings is 1. The molecule has 1 aliphatic heterocycles. The molecule has 1 aliphatic rings. The van der Waals surface area contributed by atoms with Crippen LogP contribution in [-0.2, 0) is 11.3 Å². The van der Waals surface area contributed by atoms with Crippen molar-refractivity contribution in [1.29, 1.82) is 0 Å². The third kappa shape index (κ3) is 2.77. The van der Waals surface area contributed by atoms with Gasteiger partial charge in [-0.15, -0.1) is 11.3 Å². The highest BCUT2D eigenvalue weighted by molar-refractivity contribution is 7.13. The predicted molar refractivity (Wildman–Crippen MR) is 57.4 cm³/mol. The normalized spacial score (nSPS) is 17.9. The summed E-state index contributed by atoms with van der Waals surface area (Å²) in [6.07, 6.45) is 0. The topological polar surface area (TPSA) is 49.8 Å². The van der Waals surface area contributed by atoms with E-state index in [2.05, 4.69) is 4.90 Å². The Morgan fingerprint density at radius 1 is 1.47 bits per heavy atom. The Balaban J connectivity index is 1.94. The molecule has 1 aromatic heterocycles. The summed E-state index contributed by atoms with van der Waals surface area (Å²) in [6.45, 7) is 4.25. The van der Waals surface area contributed by atoms with Crippen molar-refractivity contribution in [2.24, 2.45) is 0 Å². The molecule has 0 spiro atoms. The average Bonchev–Trinajstić information content (AvgIpc) is 2.68. The summed E-state index contributed by atoms with van der Waals surface area (Å²) in [6, 6.07) is 3.56. The van der Waals surface area contributed by atoms with E-state index in [0.29, 0.717) is 4.88 Å². The smallest absolute Gasteiger partial charge is 0.345 e. The van der Waals surface area contributed by atoms with Crippen molar-refractivity contribution in [2.45, 2.75) is 6.54 Å². The Kier molecular flexibility index (Phi) is 3.35. The lowest BCUT2D eigenvalue weighted by Crippen LogP contribution is -2.35. The lowest BCUT2D eigenvalue weighted by Gasteiger charge is -2.25. The number of thiophene rings is 1. The van der Waals surface area contributed by atoms with Crippen LogP contribution in [0.25, 0.3) is 0 Å². The first kappa shape index (κ1) is 10.6. The van der Waals surface area contributed by atoms with Crippen LogP contribution in [0.15, 0.2) is 12.1 Å². The van der Waals surface area contributed by atoms with E-state index in [9.17, 15) is 4.79 Å². The van der Waals surface area contributed by atoms with Crippen LogP contribution in [0.1, 0.15) is 14.5 Å². The van der Waals surface area contributed by atoms with Gasteiger partial charge in [-0.3, -0.25) is 4.90 Å². The summed E-state index contributed by atoms with van der Waals surface area (Å²) < 4.78 is 5.25. The Hall–Kier alpha value is -0.910. The molecule has 1 fully saturated rings. The van der Waals surface area contributed by atoms with E-state index in [4.69, 9.17) is 9.84 Å². The van der Waals surface area contributed by atoms with Crippen LogP contribution in [0, 0.1) is 0 Å². The summed E-state index contributed by atoms with van der Waals surface area (Å²) in [7, 11) is 0. The second-order valence-electron chi connectivity index (χ2n) is 3.46. The van der Waals surface area contributed by atoms with Crippen LogP contribution >= 0.6 is 11.3 Å². The van der Waals surface area contributed by atoms with Gasteiger partial charge in [-0.05, 0) is 12.1 Å². The Morgan fingerprint density at radius 2 is 2.20 bits per heavy atom. The highest BCUT2D eigenvalue weighted by Gasteiger charge is 2.13. The predicted octanol–water partition coefficient (Wildman–Crippen LogP) is 1.28. The van der Waals surface area contributed by atoms with E-state index in [0.717, 1.165) is 37.7 Å². The Labute approximate surface area is 92.1 Å². The van der Waals surface area contributed by atoms with Crippen LogP contribution in [0.5, 0.6) is 0 Å². The van der Waals surface area contributed by atoms with E-state index in [-0.39, 0.29) is 0 Å². The van der Waals surface area contributed by atoms with Gasteiger partial charge in [0, 0.05) is 24.5 Å². The highest BCUT2D eigenvalue weighted by atomic mass is 32.1. The van der Waals surface area contributed by atoms with Crippen LogP contribution < -0.4 is 0 Å². The summed E-state index contributed by atoms with van der Waals surface area (Å²) in [5, 5.41) is 8.78. The number of hydrogen-bond acceptors (Lipinski definition) is 4. The maximum atomic E-state index is 10.7. The monoisotopic (exact) mass is 227 g/mol. The highest BCUT2D eigenvalue weighted by Crippen LogP contribution is 2.18. The summed E-state index contributed by atoms with van der Waals surface area (Å²) >= 11 is 1.35. The molecule has 2 rings (SSSR count). The zero-order valence-corrected chi connectivity index (χ0v) is 9.13. The van der Waals surface area contributed by atoms with Crippen LogP contribution in [0.3, 0.4) is 0 Å². The number of rotatable bonds is 3. The van der Waals surface area contributed by atoms with Crippen molar-refractivity contribution in [1.82, 2.24) is 4.90 Å². The molecule has 0 aromatic carbocycles. The molecule has 1 N–H and O–H groups in total. The van der Waals surface area contributed by atoms with Crippen molar-refractivity contribution in [2.75, 3.05) is 26.3 Å². The second kappa shape index (κ2) is 4.74. The maximum absolute atomic E-state index is 10.7. The van der Waals surface area contributed by atoms with Crippen LogP contribution in [0.4, 0.5) is 0 Å². The molecule has 0 bridgehead atoms. The molecule has 0 saturated carbocycles. The molecule has 82 valence electrons. The molecular weight excluding hydrogens is 214 g/mol. The molecular formula is C10H13NO3S. The largest absolute Gasteiger partial charge is 0.477 e. The van der Waals surface area contributed by atoms with Gasteiger partial charge in [0.05, 0.1) is 13.2 Å². The fraction of sp³-hybridized carbons (Fsp3) is 0.500.